The molecule has 5 nitrogen and oxygen atoms in total. The van der Waals surface area contributed by atoms with Crippen LogP contribution in [0, 0.1) is 11.7 Å². The molecule has 0 aliphatic heterocycles. The lowest BCUT2D eigenvalue weighted by Gasteiger charge is -2.23. The van der Waals surface area contributed by atoms with E-state index in [0.717, 1.165) is 25.5 Å². The van der Waals surface area contributed by atoms with Gasteiger partial charge in [0.25, 0.3) is 0 Å². The van der Waals surface area contributed by atoms with Crippen LogP contribution in [-0.2, 0) is 0 Å². The van der Waals surface area contributed by atoms with Gasteiger partial charge < -0.3 is 15.3 Å². The Morgan fingerprint density at radius 2 is 2.42 bits per heavy atom. The van der Waals surface area contributed by atoms with E-state index in [1.165, 1.54) is 17.2 Å². The number of hydrogen-bond acceptors (Lipinski definition) is 3. The van der Waals surface area contributed by atoms with Gasteiger partial charge in [0.1, 0.15) is 0 Å². The van der Waals surface area contributed by atoms with Crippen molar-refractivity contribution in [2.24, 2.45) is 5.92 Å². The second kappa shape index (κ2) is 5.97. The van der Waals surface area contributed by atoms with Crippen LogP contribution in [0.5, 0.6) is 0 Å². The van der Waals surface area contributed by atoms with Gasteiger partial charge in [-0.25, -0.2) is 9.18 Å². The fourth-order valence-corrected chi connectivity index (χ4v) is 2.35. The number of aliphatic hydroxyl groups excluding tert-OH is 1. The normalized spacial score (nSPS) is 22.3. The smallest absolute Gasteiger partial charge is 0.321 e. The fraction of sp³-hybridized carbons (Fsp3) is 0.538. The molecule has 0 unspecified atom stereocenters. The zero-order valence-corrected chi connectivity index (χ0v) is 10.8. The van der Waals surface area contributed by atoms with Crippen molar-refractivity contribution in [3.8, 4) is 0 Å². The third-order valence-electron chi connectivity index (χ3n) is 3.49. The summed E-state index contributed by atoms with van der Waals surface area (Å²) in [5, 5.41) is 12.2. The van der Waals surface area contributed by atoms with Gasteiger partial charge in [0, 0.05) is 25.7 Å². The van der Waals surface area contributed by atoms with Crippen molar-refractivity contribution >= 4 is 11.7 Å². The van der Waals surface area contributed by atoms with Crippen molar-refractivity contribution in [2.75, 3.05) is 18.9 Å². The Balaban J connectivity index is 1.91. The lowest BCUT2D eigenvalue weighted by molar-refractivity contribution is 0.116. The number of hydrogen-bond donors (Lipinski definition) is 2. The maximum absolute atomic E-state index is 13.3. The molecule has 19 heavy (non-hydrogen) atoms. The maximum Gasteiger partial charge on any atom is 0.321 e. The number of rotatable bonds is 3. The van der Waals surface area contributed by atoms with Crippen LogP contribution in [0.3, 0.4) is 0 Å². The second-order valence-corrected chi connectivity index (χ2v) is 4.92. The van der Waals surface area contributed by atoms with Crippen LogP contribution in [0.4, 0.5) is 14.9 Å². The summed E-state index contributed by atoms with van der Waals surface area (Å²) in [6, 6.07) is 1.02. The lowest BCUT2D eigenvalue weighted by Crippen LogP contribution is -2.37. The average molecular weight is 267 g/mol. The highest BCUT2D eigenvalue weighted by Gasteiger charge is 2.27. The molecule has 6 heteroatoms. The quantitative estimate of drug-likeness (QED) is 0.878. The van der Waals surface area contributed by atoms with E-state index in [1.54, 1.807) is 7.05 Å². The van der Waals surface area contributed by atoms with Gasteiger partial charge in [-0.3, -0.25) is 4.98 Å². The van der Waals surface area contributed by atoms with Crippen molar-refractivity contribution in [2.45, 2.75) is 25.4 Å². The minimum Gasteiger partial charge on any atom is -0.393 e. The fourth-order valence-electron chi connectivity index (χ4n) is 2.35. The van der Waals surface area contributed by atoms with Gasteiger partial charge in [-0.05, 0) is 18.9 Å². The highest BCUT2D eigenvalue weighted by Crippen LogP contribution is 2.26. The number of urea groups is 1. The van der Waals surface area contributed by atoms with E-state index < -0.39 is 5.82 Å². The molecular weight excluding hydrogens is 249 g/mol. The van der Waals surface area contributed by atoms with E-state index in [0.29, 0.717) is 6.54 Å². The largest absolute Gasteiger partial charge is 0.393 e. The lowest BCUT2D eigenvalue weighted by atomic mass is 10.1. The van der Waals surface area contributed by atoms with E-state index in [1.807, 2.05) is 0 Å². The summed E-state index contributed by atoms with van der Waals surface area (Å²) < 4.78 is 13.3. The van der Waals surface area contributed by atoms with Crippen LogP contribution in [0.2, 0.25) is 0 Å². The number of nitrogens with zero attached hydrogens (tertiary/aromatic N) is 2. The third-order valence-corrected chi connectivity index (χ3v) is 3.49. The van der Waals surface area contributed by atoms with Gasteiger partial charge in [-0.1, -0.05) is 6.42 Å². The summed E-state index contributed by atoms with van der Waals surface area (Å²) in [6.07, 6.45) is 4.82. The second-order valence-electron chi connectivity index (χ2n) is 4.92. The van der Waals surface area contributed by atoms with Crippen LogP contribution in [0.25, 0.3) is 0 Å². The first-order valence-corrected chi connectivity index (χ1v) is 6.37. The van der Waals surface area contributed by atoms with Gasteiger partial charge in [0.05, 0.1) is 18.0 Å². The molecule has 104 valence electrons. The van der Waals surface area contributed by atoms with Crippen LogP contribution in [-0.4, -0.2) is 40.7 Å². The number of halogens is 1. The molecule has 1 saturated carbocycles. The van der Waals surface area contributed by atoms with Crippen LogP contribution < -0.4 is 5.32 Å². The molecule has 1 heterocycles. The number of amides is 2. The van der Waals surface area contributed by atoms with Gasteiger partial charge in [0.2, 0.25) is 0 Å². The number of aromatic nitrogens is 1. The molecule has 2 amide bonds. The molecule has 0 radical (unpaired) electrons. The monoisotopic (exact) mass is 267 g/mol. The SMILES string of the molecule is CN(C[C@H]1CCC[C@@H]1O)C(=O)Nc1ccncc1F. The molecule has 2 atom stereocenters. The van der Waals surface area contributed by atoms with E-state index in [-0.39, 0.29) is 23.7 Å². The third kappa shape index (κ3) is 3.41. The molecular formula is C13H18FN3O2. The molecule has 0 bridgehead atoms. The van der Waals surface area contributed by atoms with Gasteiger partial charge in [0.15, 0.2) is 5.82 Å². The van der Waals surface area contributed by atoms with E-state index >= 15 is 0 Å². The molecule has 2 rings (SSSR count). The van der Waals surface area contributed by atoms with E-state index in [9.17, 15) is 14.3 Å². The number of anilines is 1. The summed E-state index contributed by atoms with van der Waals surface area (Å²) in [7, 11) is 1.64. The van der Waals surface area contributed by atoms with Crippen molar-refractivity contribution in [3.63, 3.8) is 0 Å². The molecule has 0 saturated heterocycles. The Morgan fingerprint density at radius 3 is 3.05 bits per heavy atom. The van der Waals surface area contributed by atoms with Crippen molar-refractivity contribution in [1.82, 2.24) is 9.88 Å². The predicted molar refractivity (Wildman–Crippen MR) is 69.2 cm³/mol. The first-order valence-electron chi connectivity index (χ1n) is 6.37. The van der Waals surface area contributed by atoms with Crippen molar-refractivity contribution in [3.05, 3.63) is 24.3 Å². The molecule has 1 fully saturated rings. The Hall–Kier alpha value is -1.69. The Labute approximate surface area is 111 Å². The zero-order chi connectivity index (χ0) is 13.8. The van der Waals surface area contributed by atoms with Crippen molar-refractivity contribution < 1.29 is 14.3 Å². The standard InChI is InChI=1S/C13H18FN3O2/c1-17(8-9-3-2-4-12(9)18)13(19)16-11-5-6-15-7-10(11)14/h5-7,9,12,18H,2-4,8H2,1H3,(H,15,16,19)/t9-,12+/m1/s1. The molecule has 1 aromatic rings. The summed E-state index contributed by atoms with van der Waals surface area (Å²) in [4.78, 5) is 17.0. The predicted octanol–water partition coefficient (Wildman–Crippen LogP) is 1.85. The summed E-state index contributed by atoms with van der Waals surface area (Å²) in [6.45, 7) is 0.472. The maximum atomic E-state index is 13.3. The van der Waals surface area contributed by atoms with E-state index in [4.69, 9.17) is 0 Å². The highest BCUT2D eigenvalue weighted by atomic mass is 19.1. The summed E-state index contributed by atoms with van der Waals surface area (Å²) in [5.74, 6) is -0.455. The topological polar surface area (TPSA) is 65.5 Å². The zero-order valence-electron chi connectivity index (χ0n) is 10.8. The van der Waals surface area contributed by atoms with Gasteiger partial charge in [-0.15, -0.1) is 0 Å². The minimum atomic E-state index is -0.565. The Morgan fingerprint density at radius 1 is 1.63 bits per heavy atom. The van der Waals surface area contributed by atoms with Crippen molar-refractivity contribution in [1.29, 1.82) is 0 Å². The number of aliphatic hydroxyl groups is 1. The van der Waals surface area contributed by atoms with E-state index in [2.05, 4.69) is 10.3 Å². The highest BCUT2D eigenvalue weighted by molar-refractivity contribution is 5.89. The Bertz CT molecular complexity index is 455. The molecule has 1 aromatic heterocycles. The number of pyridine rings is 1. The minimum absolute atomic E-state index is 0.109. The molecule has 0 spiro atoms. The van der Waals surface area contributed by atoms with Gasteiger partial charge >= 0.3 is 6.03 Å². The first kappa shape index (κ1) is 13.7. The van der Waals surface area contributed by atoms with Gasteiger partial charge in [-0.2, -0.15) is 0 Å². The number of carbonyl (C=O) groups is 1. The van der Waals surface area contributed by atoms with Crippen LogP contribution >= 0.6 is 0 Å². The summed E-state index contributed by atoms with van der Waals surface area (Å²) in [5.41, 5.74) is 0.110. The summed E-state index contributed by atoms with van der Waals surface area (Å²) >= 11 is 0. The molecule has 2 N–H and O–H groups in total. The average Bonchev–Trinajstić information content (AvgIpc) is 2.78. The molecule has 0 aromatic carbocycles. The molecule has 1 aliphatic rings. The Kier molecular flexibility index (Phi) is 4.31. The van der Waals surface area contributed by atoms with Crippen LogP contribution in [0.15, 0.2) is 18.5 Å². The molecule has 1 aliphatic carbocycles. The number of nitrogens with one attached hydrogen (secondary N) is 1. The van der Waals surface area contributed by atoms with Crippen LogP contribution in [0.1, 0.15) is 19.3 Å². The first-order chi connectivity index (χ1) is 9.08. The number of carbonyl (C=O) groups excluding carboxylic acids is 1.